The van der Waals surface area contributed by atoms with Gasteiger partial charge < -0.3 is 5.11 Å². The van der Waals surface area contributed by atoms with Crippen LogP contribution in [0.15, 0.2) is 24.3 Å². The average molecular weight is 206 g/mol. The SMILES string of the molecule is C=CCC1(O)C(=CC)CC2CC1C2(C)C. The zero-order chi connectivity index (χ0) is 11.3. The molecule has 0 aromatic rings. The summed E-state index contributed by atoms with van der Waals surface area (Å²) < 4.78 is 0. The molecule has 1 nitrogen and oxygen atoms in total. The molecule has 1 heteroatoms. The summed E-state index contributed by atoms with van der Waals surface area (Å²) in [5, 5.41) is 10.8. The van der Waals surface area contributed by atoms with Gasteiger partial charge in [-0.05, 0) is 49.0 Å². The Hall–Kier alpha value is -0.560. The van der Waals surface area contributed by atoms with E-state index in [4.69, 9.17) is 0 Å². The van der Waals surface area contributed by atoms with Gasteiger partial charge in [-0.3, -0.25) is 0 Å². The molecule has 84 valence electrons. The molecular formula is C14H22O. The molecule has 3 aliphatic carbocycles. The second-order valence-electron chi connectivity index (χ2n) is 5.74. The maximum atomic E-state index is 10.8. The largest absolute Gasteiger partial charge is 0.385 e. The van der Waals surface area contributed by atoms with Gasteiger partial charge in [0.05, 0.1) is 5.60 Å². The molecule has 0 aromatic carbocycles. The highest BCUT2D eigenvalue weighted by atomic mass is 16.3. The van der Waals surface area contributed by atoms with Crippen molar-refractivity contribution in [2.24, 2.45) is 17.3 Å². The highest BCUT2D eigenvalue weighted by Crippen LogP contribution is 2.65. The van der Waals surface area contributed by atoms with E-state index in [9.17, 15) is 5.11 Å². The summed E-state index contributed by atoms with van der Waals surface area (Å²) in [7, 11) is 0. The first-order valence-corrected chi connectivity index (χ1v) is 5.95. The Bertz CT molecular complexity index is 313. The molecule has 3 unspecified atom stereocenters. The lowest BCUT2D eigenvalue weighted by Crippen LogP contribution is -2.62. The van der Waals surface area contributed by atoms with Crippen LogP contribution in [0.25, 0.3) is 0 Å². The molecule has 0 radical (unpaired) electrons. The maximum Gasteiger partial charge on any atom is 0.0924 e. The van der Waals surface area contributed by atoms with Crippen LogP contribution in [0.4, 0.5) is 0 Å². The van der Waals surface area contributed by atoms with Crippen molar-refractivity contribution in [2.75, 3.05) is 0 Å². The van der Waals surface area contributed by atoms with E-state index in [0.29, 0.717) is 17.8 Å². The van der Waals surface area contributed by atoms with Crippen molar-refractivity contribution >= 4 is 0 Å². The molecular weight excluding hydrogens is 184 g/mol. The van der Waals surface area contributed by atoms with Crippen molar-refractivity contribution in [1.29, 1.82) is 0 Å². The number of aliphatic hydroxyl groups is 1. The second-order valence-corrected chi connectivity index (χ2v) is 5.74. The third-order valence-corrected chi connectivity index (χ3v) is 4.87. The molecule has 0 aromatic heterocycles. The first-order valence-electron chi connectivity index (χ1n) is 5.95. The van der Waals surface area contributed by atoms with E-state index in [2.05, 4.69) is 26.5 Å². The zero-order valence-corrected chi connectivity index (χ0v) is 10.1. The predicted octanol–water partition coefficient (Wildman–Crippen LogP) is 3.31. The Balaban J connectivity index is 2.35. The standard InChI is InChI=1S/C14H22O/c1-5-7-14(15)10(6-2)8-11-9-12(14)13(11,3)4/h5-6,11-12,15H,1,7-9H2,2-4H3. The molecule has 0 heterocycles. The van der Waals surface area contributed by atoms with Crippen LogP contribution in [0.2, 0.25) is 0 Å². The van der Waals surface area contributed by atoms with Gasteiger partial charge in [0.2, 0.25) is 0 Å². The van der Waals surface area contributed by atoms with Crippen LogP contribution in [0, 0.1) is 17.3 Å². The maximum absolute atomic E-state index is 10.8. The fourth-order valence-corrected chi connectivity index (χ4v) is 3.70. The summed E-state index contributed by atoms with van der Waals surface area (Å²) in [5.41, 5.74) is 0.946. The van der Waals surface area contributed by atoms with E-state index in [1.165, 1.54) is 12.0 Å². The molecule has 0 spiro atoms. The Kier molecular flexibility index (Phi) is 2.34. The molecule has 3 saturated carbocycles. The van der Waals surface area contributed by atoms with Gasteiger partial charge in [0.1, 0.15) is 0 Å². The molecule has 3 atom stereocenters. The van der Waals surface area contributed by atoms with E-state index >= 15 is 0 Å². The highest BCUT2D eigenvalue weighted by molar-refractivity contribution is 5.30. The average Bonchev–Trinajstić information content (AvgIpc) is 2.17. The molecule has 0 aliphatic heterocycles. The quantitative estimate of drug-likeness (QED) is 0.687. The van der Waals surface area contributed by atoms with Crippen LogP contribution in [0.1, 0.15) is 40.0 Å². The van der Waals surface area contributed by atoms with Crippen molar-refractivity contribution in [3.8, 4) is 0 Å². The van der Waals surface area contributed by atoms with E-state index in [1.54, 1.807) is 0 Å². The van der Waals surface area contributed by atoms with Crippen LogP contribution in [-0.2, 0) is 0 Å². The summed E-state index contributed by atoms with van der Waals surface area (Å²) in [5.74, 6) is 1.20. The Labute approximate surface area is 92.9 Å². The van der Waals surface area contributed by atoms with Crippen molar-refractivity contribution in [3.05, 3.63) is 24.3 Å². The minimum atomic E-state index is -0.602. The Morgan fingerprint density at radius 1 is 1.53 bits per heavy atom. The highest BCUT2D eigenvalue weighted by Gasteiger charge is 2.61. The predicted molar refractivity (Wildman–Crippen MR) is 63.5 cm³/mol. The van der Waals surface area contributed by atoms with Gasteiger partial charge in [-0.1, -0.05) is 26.0 Å². The molecule has 3 fully saturated rings. The first kappa shape index (κ1) is 10.9. The number of rotatable bonds is 2. The van der Waals surface area contributed by atoms with Gasteiger partial charge >= 0.3 is 0 Å². The fourth-order valence-electron chi connectivity index (χ4n) is 3.70. The van der Waals surface area contributed by atoms with Gasteiger partial charge in [-0.25, -0.2) is 0 Å². The van der Waals surface area contributed by atoms with Gasteiger partial charge in [0.15, 0.2) is 0 Å². The zero-order valence-electron chi connectivity index (χ0n) is 10.1. The smallest absolute Gasteiger partial charge is 0.0924 e. The first-order chi connectivity index (χ1) is 6.96. The summed E-state index contributed by atoms with van der Waals surface area (Å²) in [6, 6.07) is 0. The van der Waals surface area contributed by atoms with Gasteiger partial charge in [0.25, 0.3) is 0 Å². The van der Waals surface area contributed by atoms with Crippen LogP contribution in [-0.4, -0.2) is 10.7 Å². The summed E-state index contributed by atoms with van der Waals surface area (Å²) in [4.78, 5) is 0. The molecule has 3 aliphatic rings. The van der Waals surface area contributed by atoms with Crippen molar-refractivity contribution in [2.45, 2.75) is 45.6 Å². The van der Waals surface area contributed by atoms with Gasteiger partial charge in [0, 0.05) is 0 Å². The van der Waals surface area contributed by atoms with Crippen LogP contribution in [0.3, 0.4) is 0 Å². The normalized spacial score (nSPS) is 44.9. The summed E-state index contributed by atoms with van der Waals surface area (Å²) >= 11 is 0. The van der Waals surface area contributed by atoms with E-state index in [-0.39, 0.29) is 0 Å². The molecule has 15 heavy (non-hydrogen) atoms. The summed E-state index contributed by atoms with van der Waals surface area (Å²) in [6.07, 6.45) is 6.93. The molecule has 2 bridgehead atoms. The molecule has 0 amide bonds. The lowest BCUT2D eigenvalue weighted by molar-refractivity contribution is -0.167. The number of fused-ring (bicyclic) bond motifs is 2. The third kappa shape index (κ3) is 1.25. The van der Waals surface area contributed by atoms with E-state index in [1.807, 2.05) is 13.0 Å². The Morgan fingerprint density at radius 3 is 2.67 bits per heavy atom. The van der Waals surface area contributed by atoms with Crippen LogP contribution >= 0.6 is 0 Å². The summed E-state index contributed by atoms with van der Waals surface area (Å²) in [6.45, 7) is 10.4. The van der Waals surface area contributed by atoms with Crippen molar-refractivity contribution in [1.82, 2.24) is 0 Å². The number of hydrogen-bond donors (Lipinski definition) is 1. The fraction of sp³-hybridized carbons (Fsp3) is 0.714. The lowest BCUT2D eigenvalue weighted by atomic mass is 9.42. The van der Waals surface area contributed by atoms with E-state index < -0.39 is 5.60 Å². The lowest BCUT2D eigenvalue weighted by Gasteiger charge is -2.64. The monoisotopic (exact) mass is 206 g/mol. The minimum absolute atomic E-state index is 0.310. The minimum Gasteiger partial charge on any atom is -0.385 e. The van der Waals surface area contributed by atoms with E-state index in [0.717, 1.165) is 12.3 Å². The third-order valence-electron chi connectivity index (χ3n) is 4.87. The van der Waals surface area contributed by atoms with Gasteiger partial charge in [-0.15, -0.1) is 6.58 Å². The number of hydrogen-bond acceptors (Lipinski definition) is 1. The van der Waals surface area contributed by atoms with Gasteiger partial charge in [-0.2, -0.15) is 0 Å². The van der Waals surface area contributed by atoms with Crippen molar-refractivity contribution in [3.63, 3.8) is 0 Å². The topological polar surface area (TPSA) is 20.2 Å². The second kappa shape index (κ2) is 3.21. The van der Waals surface area contributed by atoms with Crippen LogP contribution < -0.4 is 0 Å². The molecule has 0 saturated heterocycles. The van der Waals surface area contributed by atoms with Crippen LogP contribution in [0.5, 0.6) is 0 Å². The molecule has 1 N–H and O–H groups in total. The molecule has 3 rings (SSSR count). The van der Waals surface area contributed by atoms with Crippen molar-refractivity contribution < 1.29 is 5.11 Å². The number of allylic oxidation sites excluding steroid dienone is 1. The Morgan fingerprint density at radius 2 is 2.20 bits per heavy atom.